The van der Waals surface area contributed by atoms with E-state index in [2.05, 4.69) is 24.1 Å². The molecule has 1 atom stereocenters. The van der Waals surface area contributed by atoms with Crippen LogP contribution in [0.2, 0.25) is 5.02 Å². The highest BCUT2D eigenvalue weighted by Crippen LogP contribution is 2.17. The van der Waals surface area contributed by atoms with Crippen molar-refractivity contribution in [2.45, 2.75) is 32.2 Å². The highest BCUT2D eigenvalue weighted by Gasteiger charge is 2.22. The Morgan fingerprint density at radius 1 is 0.969 bits per heavy atom. The van der Waals surface area contributed by atoms with E-state index in [1.54, 1.807) is 18.2 Å². The van der Waals surface area contributed by atoms with E-state index in [0.29, 0.717) is 17.0 Å². The van der Waals surface area contributed by atoms with E-state index in [4.69, 9.17) is 11.6 Å². The van der Waals surface area contributed by atoms with Crippen LogP contribution in [0, 0.1) is 11.8 Å². The molecule has 0 heterocycles. The minimum atomic E-state index is -1.08. The van der Waals surface area contributed by atoms with Crippen LogP contribution in [0.5, 0.6) is 0 Å². The van der Waals surface area contributed by atoms with Gasteiger partial charge in [-0.05, 0) is 60.7 Å². The van der Waals surface area contributed by atoms with Crippen LogP contribution < -0.4 is 5.32 Å². The number of amides is 1. The van der Waals surface area contributed by atoms with Crippen molar-refractivity contribution in [3.05, 3.63) is 106 Å². The molecule has 2 N–H and O–H groups in total. The summed E-state index contributed by atoms with van der Waals surface area (Å²) < 4.78 is 0. The first-order valence-electron chi connectivity index (χ1n) is 10.4. The van der Waals surface area contributed by atoms with Gasteiger partial charge in [0, 0.05) is 16.1 Å². The molecular weight excluding hydrogens is 422 g/mol. The molecule has 0 aromatic heterocycles. The number of rotatable bonds is 7. The van der Waals surface area contributed by atoms with Crippen molar-refractivity contribution in [3.8, 4) is 11.8 Å². The average molecular weight is 446 g/mol. The number of carboxylic acid groups (broad SMARTS) is 1. The third-order valence-corrected chi connectivity index (χ3v) is 5.33. The molecule has 4 nitrogen and oxygen atoms in total. The predicted octanol–water partition coefficient (Wildman–Crippen LogP) is 5.12. The summed E-state index contributed by atoms with van der Waals surface area (Å²) in [6.45, 7) is 2.09. The molecule has 162 valence electrons. The van der Waals surface area contributed by atoms with Gasteiger partial charge in [0.1, 0.15) is 6.04 Å². The first-order valence-corrected chi connectivity index (χ1v) is 10.8. The summed E-state index contributed by atoms with van der Waals surface area (Å²) in [5.41, 5.74) is 3.79. The fourth-order valence-electron chi connectivity index (χ4n) is 3.23. The van der Waals surface area contributed by atoms with E-state index >= 15 is 0 Å². The van der Waals surface area contributed by atoms with Crippen molar-refractivity contribution in [2.24, 2.45) is 0 Å². The fraction of sp³-hybridized carbons (Fsp3) is 0.185. The van der Waals surface area contributed by atoms with Crippen LogP contribution in [0.25, 0.3) is 0 Å². The maximum atomic E-state index is 12.9. The van der Waals surface area contributed by atoms with E-state index in [1.165, 1.54) is 5.56 Å². The Bertz CT molecular complexity index is 1150. The molecule has 0 bridgehead atoms. The number of hydrogen-bond donors (Lipinski definition) is 2. The molecule has 5 heteroatoms. The summed E-state index contributed by atoms with van der Waals surface area (Å²) in [6.07, 6.45) is 1.77. The molecule has 3 aromatic carbocycles. The summed E-state index contributed by atoms with van der Waals surface area (Å²) in [6, 6.07) is 21.2. The molecule has 1 unspecified atom stereocenters. The topological polar surface area (TPSA) is 66.4 Å². The molecule has 3 aromatic rings. The maximum absolute atomic E-state index is 12.9. The van der Waals surface area contributed by atoms with Gasteiger partial charge in [-0.15, -0.1) is 0 Å². The monoisotopic (exact) mass is 445 g/mol. The normalized spacial score (nSPS) is 11.2. The third-order valence-electron chi connectivity index (χ3n) is 5.10. The second kappa shape index (κ2) is 11.2. The Balaban J connectivity index is 1.78. The zero-order chi connectivity index (χ0) is 22.9. The Hall–Kier alpha value is -3.55. The number of nitrogens with one attached hydrogen (secondary N) is 1. The number of halogens is 1. The van der Waals surface area contributed by atoms with Crippen LogP contribution in [-0.4, -0.2) is 23.0 Å². The van der Waals surface area contributed by atoms with Crippen molar-refractivity contribution in [3.63, 3.8) is 0 Å². The Kier molecular flexibility index (Phi) is 8.08. The first-order chi connectivity index (χ1) is 15.5. The van der Waals surface area contributed by atoms with E-state index in [9.17, 15) is 14.7 Å². The van der Waals surface area contributed by atoms with Gasteiger partial charge in [0.25, 0.3) is 5.91 Å². The second-order valence-electron chi connectivity index (χ2n) is 7.38. The molecule has 0 aliphatic rings. The van der Waals surface area contributed by atoms with Gasteiger partial charge in [0.05, 0.1) is 5.56 Å². The van der Waals surface area contributed by atoms with Crippen LogP contribution in [0.3, 0.4) is 0 Å². The quantitative estimate of drug-likeness (QED) is 0.496. The van der Waals surface area contributed by atoms with Gasteiger partial charge in [0.2, 0.25) is 0 Å². The van der Waals surface area contributed by atoms with Crippen LogP contribution in [0.4, 0.5) is 0 Å². The highest BCUT2D eigenvalue weighted by atomic mass is 35.5. The molecule has 0 radical (unpaired) electrons. The number of benzene rings is 3. The van der Waals surface area contributed by atoms with Gasteiger partial charge in [-0.2, -0.15) is 0 Å². The minimum absolute atomic E-state index is 0.281. The highest BCUT2D eigenvalue weighted by molar-refractivity contribution is 6.30. The molecule has 0 spiro atoms. The van der Waals surface area contributed by atoms with Gasteiger partial charge in [-0.25, -0.2) is 4.79 Å². The maximum Gasteiger partial charge on any atom is 0.326 e. The number of carboxylic acids is 1. The van der Waals surface area contributed by atoms with Crippen LogP contribution >= 0.6 is 11.6 Å². The standard InChI is InChI=1S/C27H24ClNO3/c1-2-19-8-10-21(11-9-19)12-14-22-18-23(28)15-16-24(22)26(30)29-25(27(31)32)17-13-20-6-4-3-5-7-20/h3-11,15-16,18,25H,2,13,17H2,1H3,(H,29,30)(H,31,32). The van der Waals surface area contributed by atoms with Gasteiger partial charge in [-0.3, -0.25) is 4.79 Å². The lowest BCUT2D eigenvalue weighted by atomic mass is 10.0. The zero-order valence-corrected chi connectivity index (χ0v) is 18.5. The van der Waals surface area contributed by atoms with Crippen LogP contribution in [0.1, 0.15) is 46.0 Å². The average Bonchev–Trinajstić information content (AvgIpc) is 2.81. The van der Waals surface area contributed by atoms with Gasteiger partial charge in [-0.1, -0.05) is 72.8 Å². The molecule has 0 aliphatic carbocycles. The summed E-state index contributed by atoms with van der Waals surface area (Å²) in [5, 5.41) is 12.7. The van der Waals surface area contributed by atoms with Gasteiger partial charge in [0.15, 0.2) is 0 Å². The van der Waals surface area contributed by atoms with Crippen molar-refractivity contribution < 1.29 is 14.7 Å². The van der Waals surface area contributed by atoms with Crippen molar-refractivity contribution >= 4 is 23.5 Å². The van der Waals surface area contributed by atoms with E-state index in [-0.39, 0.29) is 12.0 Å². The fourth-order valence-corrected chi connectivity index (χ4v) is 3.40. The van der Waals surface area contributed by atoms with E-state index < -0.39 is 17.9 Å². The van der Waals surface area contributed by atoms with Crippen molar-refractivity contribution in [2.75, 3.05) is 0 Å². The Morgan fingerprint density at radius 3 is 2.34 bits per heavy atom. The minimum Gasteiger partial charge on any atom is -0.480 e. The molecule has 0 saturated heterocycles. The molecule has 0 fully saturated rings. The third kappa shape index (κ3) is 6.47. The van der Waals surface area contributed by atoms with E-state index in [0.717, 1.165) is 17.5 Å². The number of carbonyl (C=O) groups is 2. The smallest absolute Gasteiger partial charge is 0.326 e. The summed E-state index contributed by atoms with van der Waals surface area (Å²) in [7, 11) is 0. The molecule has 3 rings (SSSR count). The van der Waals surface area contributed by atoms with Gasteiger partial charge >= 0.3 is 5.97 Å². The lowest BCUT2D eigenvalue weighted by Crippen LogP contribution is -2.41. The number of hydrogen-bond acceptors (Lipinski definition) is 2. The van der Waals surface area contributed by atoms with Crippen molar-refractivity contribution in [1.82, 2.24) is 5.32 Å². The summed E-state index contributed by atoms with van der Waals surface area (Å²) in [4.78, 5) is 24.6. The van der Waals surface area contributed by atoms with Gasteiger partial charge < -0.3 is 10.4 Å². The number of aryl methyl sites for hydroxylation is 2. The second-order valence-corrected chi connectivity index (χ2v) is 7.82. The predicted molar refractivity (Wildman–Crippen MR) is 127 cm³/mol. The lowest BCUT2D eigenvalue weighted by Gasteiger charge is -2.15. The zero-order valence-electron chi connectivity index (χ0n) is 17.8. The largest absolute Gasteiger partial charge is 0.480 e. The molecule has 32 heavy (non-hydrogen) atoms. The Morgan fingerprint density at radius 2 is 1.69 bits per heavy atom. The van der Waals surface area contributed by atoms with Crippen LogP contribution in [0.15, 0.2) is 72.8 Å². The SMILES string of the molecule is CCc1ccc(C#Cc2cc(Cl)ccc2C(=O)NC(CCc2ccccc2)C(=O)O)cc1. The van der Waals surface area contributed by atoms with Crippen molar-refractivity contribution in [1.29, 1.82) is 0 Å². The number of carbonyl (C=O) groups excluding carboxylic acids is 1. The van der Waals surface area contributed by atoms with Crippen LogP contribution in [-0.2, 0) is 17.6 Å². The van der Waals surface area contributed by atoms with E-state index in [1.807, 2.05) is 54.6 Å². The Labute approximate surface area is 193 Å². The molecular formula is C27H24ClNO3. The number of aliphatic carboxylic acids is 1. The molecule has 0 aliphatic heterocycles. The molecule has 1 amide bonds. The lowest BCUT2D eigenvalue weighted by molar-refractivity contribution is -0.139. The molecule has 0 saturated carbocycles. The first kappa shape index (κ1) is 23.1. The summed E-state index contributed by atoms with van der Waals surface area (Å²) in [5.74, 6) is 4.49. The summed E-state index contributed by atoms with van der Waals surface area (Å²) >= 11 is 6.12.